The molecule has 0 unspecified atom stereocenters. The van der Waals surface area contributed by atoms with Crippen LogP contribution < -0.4 is 10.1 Å². The van der Waals surface area contributed by atoms with E-state index in [2.05, 4.69) is 32.2 Å². The molecule has 1 heterocycles. The first kappa shape index (κ1) is 20.2. The summed E-state index contributed by atoms with van der Waals surface area (Å²) < 4.78 is 6.10. The van der Waals surface area contributed by atoms with Gasteiger partial charge in [0.25, 0.3) is 11.8 Å². The fraction of sp³-hybridized carbons (Fsp3) is 0.0500. The molecule has 28 heavy (non-hydrogen) atoms. The first-order valence-electron chi connectivity index (χ1n) is 7.91. The number of amidine groups is 1. The number of ether oxygens (including phenoxy) is 1. The molecule has 2 amide bonds. The Morgan fingerprint density at radius 2 is 2.07 bits per heavy atom. The van der Waals surface area contributed by atoms with Gasteiger partial charge in [-0.3, -0.25) is 9.59 Å². The van der Waals surface area contributed by atoms with Gasteiger partial charge in [0, 0.05) is 10.6 Å². The van der Waals surface area contributed by atoms with Gasteiger partial charge in [-0.1, -0.05) is 23.6 Å². The predicted molar refractivity (Wildman–Crippen MR) is 115 cm³/mol. The predicted octanol–water partition coefficient (Wildman–Crippen LogP) is 4.51. The molecule has 3 rings (SSSR count). The van der Waals surface area contributed by atoms with E-state index in [9.17, 15) is 9.59 Å². The highest BCUT2D eigenvalue weighted by Crippen LogP contribution is 2.30. The minimum atomic E-state index is -0.460. The molecule has 1 aliphatic rings. The van der Waals surface area contributed by atoms with Crippen molar-refractivity contribution in [2.24, 2.45) is 4.99 Å². The number of carbonyl (C=O) groups excluding carboxylic acids is 2. The summed E-state index contributed by atoms with van der Waals surface area (Å²) in [5.74, 6) is 2.23. The molecule has 2 aromatic rings. The van der Waals surface area contributed by atoms with Crippen LogP contribution in [0.3, 0.4) is 0 Å². The van der Waals surface area contributed by atoms with Crippen LogP contribution in [0.2, 0.25) is 5.02 Å². The molecular formula is C20H12BrClN2O3S. The lowest BCUT2D eigenvalue weighted by Crippen LogP contribution is -2.20. The van der Waals surface area contributed by atoms with E-state index in [1.807, 2.05) is 0 Å². The van der Waals surface area contributed by atoms with Crippen LogP contribution in [-0.2, 0) is 4.79 Å². The van der Waals surface area contributed by atoms with Crippen molar-refractivity contribution in [2.75, 3.05) is 6.61 Å². The zero-order valence-electron chi connectivity index (χ0n) is 14.2. The zero-order chi connectivity index (χ0) is 20.1. The largest absolute Gasteiger partial charge is 0.480 e. The Hall–Kier alpha value is -2.53. The van der Waals surface area contributed by atoms with E-state index in [0.29, 0.717) is 25.7 Å². The van der Waals surface area contributed by atoms with Crippen molar-refractivity contribution in [3.8, 4) is 18.1 Å². The lowest BCUT2D eigenvalue weighted by atomic mass is 10.2. The molecule has 0 aliphatic carbocycles. The second-order valence-electron chi connectivity index (χ2n) is 5.48. The Balaban J connectivity index is 1.75. The van der Waals surface area contributed by atoms with Crippen LogP contribution in [0.25, 0.3) is 6.08 Å². The number of nitrogens with one attached hydrogen (secondary N) is 1. The third-order valence-electron chi connectivity index (χ3n) is 3.51. The van der Waals surface area contributed by atoms with Crippen LogP contribution >= 0.6 is 39.3 Å². The number of thioether (sulfide) groups is 1. The zero-order valence-corrected chi connectivity index (χ0v) is 17.4. The van der Waals surface area contributed by atoms with Crippen molar-refractivity contribution in [1.82, 2.24) is 5.32 Å². The fourth-order valence-electron chi connectivity index (χ4n) is 2.22. The number of carbonyl (C=O) groups is 2. The number of halogens is 2. The molecule has 0 atom stereocenters. The summed E-state index contributed by atoms with van der Waals surface area (Å²) in [6.45, 7) is 0.165. The molecule has 0 aromatic heterocycles. The van der Waals surface area contributed by atoms with Crippen LogP contribution in [0.15, 0.2) is 56.8 Å². The number of hydrogen-bond acceptors (Lipinski definition) is 4. The van der Waals surface area contributed by atoms with E-state index in [1.165, 1.54) is 0 Å². The van der Waals surface area contributed by atoms with Crippen molar-refractivity contribution in [2.45, 2.75) is 0 Å². The smallest absolute Gasteiger partial charge is 0.279 e. The first-order chi connectivity index (χ1) is 13.5. The molecule has 0 saturated carbocycles. The number of nitrogens with zero attached hydrogens (tertiary/aromatic N) is 1. The van der Waals surface area contributed by atoms with Gasteiger partial charge in [-0.2, -0.15) is 4.99 Å². The Morgan fingerprint density at radius 3 is 2.75 bits per heavy atom. The van der Waals surface area contributed by atoms with Gasteiger partial charge in [0.1, 0.15) is 12.4 Å². The first-order valence-corrected chi connectivity index (χ1v) is 9.90. The molecule has 140 valence electrons. The number of aliphatic imine (C=N–C) groups is 1. The standard InChI is InChI=1S/C20H12BrClN2O3S/c1-2-9-27-16-8-3-12(10-15(16)21)11-17-19(26)24-20(28-17)23-18(25)13-4-6-14(22)7-5-13/h1,3-8,10-11H,9H2,(H,23,24,25,26)/b17-11-. The molecule has 5 nitrogen and oxygen atoms in total. The van der Waals surface area contributed by atoms with Crippen molar-refractivity contribution < 1.29 is 14.3 Å². The van der Waals surface area contributed by atoms with Gasteiger partial charge < -0.3 is 10.1 Å². The molecule has 1 N–H and O–H groups in total. The molecular weight excluding hydrogens is 464 g/mol. The summed E-state index contributed by atoms with van der Waals surface area (Å²) in [6, 6.07) is 11.7. The van der Waals surface area contributed by atoms with Crippen LogP contribution in [0.1, 0.15) is 15.9 Å². The third-order valence-corrected chi connectivity index (χ3v) is 5.29. The molecule has 2 aromatic carbocycles. The Kier molecular flexibility index (Phi) is 6.57. The SMILES string of the molecule is C#CCOc1ccc(/C=C2\SC(=NC(=O)c3ccc(Cl)cc3)NC2=O)cc1Br. The quantitative estimate of drug-likeness (QED) is 0.522. The average Bonchev–Trinajstić information content (AvgIpc) is 3.00. The number of terminal acetylenes is 1. The summed E-state index contributed by atoms with van der Waals surface area (Å²) in [5, 5.41) is 3.34. The minimum absolute atomic E-state index is 0.165. The van der Waals surface area contributed by atoms with Crippen molar-refractivity contribution >= 4 is 62.4 Å². The van der Waals surface area contributed by atoms with Gasteiger partial charge >= 0.3 is 0 Å². The lowest BCUT2D eigenvalue weighted by molar-refractivity contribution is -0.115. The Morgan fingerprint density at radius 1 is 1.32 bits per heavy atom. The van der Waals surface area contributed by atoms with Gasteiger partial charge in [0.05, 0.1) is 9.38 Å². The third kappa shape index (κ3) is 5.04. The molecule has 0 radical (unpaired) electrons. The molecule has 1 aliphatic heterocycles. The van der Waals surface area contributed by atoms with Crippen LogP contribution in [0.4, 0.5) is 0 Å². The van der Waals surface area contributed by atoms with Crippen molar-refractivity contribution in [3.05, 3.63) is 68.0 Å². The van der Waals surface area contributed by atoms with E-state index in [1.54, 1.807) is 48.5 Å². The molecule has 0 spiro atoms. The van der Waals surface area contributed by atoms with Crippen molar-refractivity contribution in [3.63, 3.8) is 0 Å². The maximum atomic E-state index is 12.2. The van der Waals surface area contributed by atoms with Gasteiger partial charge in [-0.15, -0.1) is 6.42 Å². The molecule has 1 saturated heterocycles. The highest BCUT2D eigenvalue weighted by molar-refractivity contribution is 9.10. The summed E-state index contributed by atoms with van der Waals surface area (Å²) in [5.41, 5.74) is 1.17. The number of hydrogen-bond donors (Lipinski definition) is 1. The average molecular weight is 476 g/mol. The van der Waals surface area contributed by atoms with E-state index in [0.717, 1.165) is 17.3 Å². The monoisotopic (exact) mass is 474 g/mol. The van der Waals surface area contributed by atoms with Gasteiger partial charge in [0.2, 0.25) is 0 Å². The summed E-state index contributed by atoms with van der Waals surface area (Å²) in [4.78, 5) is 28.8. The maximum absolute atomic E-state index is 12.2. The highest BCUT2D eigenvalue weighted by atomic mass is 79.9. The minimum Gasteiger partial charge on any atom is -0.480 e. The van der Waals surface area contributed by atoms with E-state index >= 15 is 0 Å². The molecule has 1 fully saturated rings. The summed E-state index contributed by atoms with van der Waals surface area (Å²) >= 11 is 10.3. The van der Waals surface area contributed by atoms with Gasteiger partial charge in [0.15, 0.2) is 5.17 Å². The van der Waals surface area contributed by atoms with E-state index < -0.39 is 5.91 Å². The number of benzene rings is 2. The normalized spacial score (nSPS) is 16.1. The summed E-state index contributed by atoms with van der Waals surface area (Å²) in [7, 11) is 0. The van der Waals surface area contributed by atoms with E-state index in [4.69, 9.17) is 22.8 Å². The highest BCUT2D eigenvalue weighted by Gasteiger charge is 2.25. The van der Waals surface area contributed by atoms with Crippen LogP contribution in [0, 0.1) is 12.3 Å². The van der Waals surface area contributed by atoms with Crippen molar-refractivity contribution in [1.29, 1.82) is 0 Å². The maximum Gasteiger partial charge on any atom is 0.279 e. The number of rotatable bonds is 4. The topological polar surface area (TPSA) is 67.8 Å². The number of amides is 2. The van der Waals surface area contributed by atoms with Crippen LogP contribution in [0.5, 0.6) is 5.75 Å². The van der Waals surface area contributed by atoms with Gasteiger partial charge in [-0.05, 0) is 75.7 Å². The fourth-order valence-corrected chi connectivity index (χ4v) is 3.68. The van der Waals surface area contributed by atoms with Gasteiger partial charge in [-0.25, -0.2) is 0 Å². The second-order valence-corrected chi connectivity index (χ2v) is 7.80. The Bertz CT molecular complexity index is 1040. The van der Waals surface area contributed by atoms with Crippen LogP contribution in [-0.4, -0.2) is 23.6 Å². The summed E-state index contributed by atoms with van der Waals surface area (Å²) in [6.07, 6.45) is 6.88. The lowest BCUT2D eigenvalue weighted by Gasteiger charge is -2.05. The Labute approximate surface area is 179 Å². The van der Waals surface area contributed by atoms with E-state index in [-0.39, 0.29) is 17.7 Å². The second kappa shape index (κ2) is 9.11. The molecule has 0 bridgehead atoms. The molecule has 8 heteroatoms.